The predicted molar refractivity (Wildman–Crippen MR) is 82.0 cm³/mol. The van der Waals surface area contributed by atoms with Crippen LogP contribution in [-0.4, -0.2) is 32.3 Å². The van der Waals surface area contributed by atoms with E-state index in [1.807, 2.05) is 18.2 Å². The molecular weight excluding hydrogens is 266 g/mol. The number of rotatable bonds is 7. The molecule has 2 unspecified atom stereocenters. The highest BCUT2D eigenvalue weighted by Crippen LogP contribution is 2.22. The fraction of sp³-hybridized carbons (Fsp3) is 0.588. The number of carbonyl (C=O) groups is 1. The topological polar surface area (TPSA) is 47.6 Å². The maximum absolute atomic E-state index is 11.4. The lowest BCUT2D eigenvalue weighted by Crippen LogP contribution is -2.28. The Balaban J connectivity index is 1.86. The lowest BCUT2D eigenvalue weighted by Gasteiger charge is -2.18. The van der Waals surface area contributed by atoms with Gasteiger partial charge in [-0.1, -0.05) is 31.2 Å². The monoisotopic (exact) mass is 291 g/mol. The van der Waals surface area contributed by atoms with Crippen LogP contribution in [0.15, 0.2) is 24.3 Å². The Labute approximate surface area is 126 Å². The van der Waals surface area contributed by atoms with Crippen molar-refractivity contribution in [1.82, 2.24) is 5.32 Å². The van der Waals surface area contributed by atoms with Crippen molar-refractivity contribution in [3.63, 3.8) is 0 Å². The zero-order valence-corrected chi connectivity index (χ0v) is 12.9. The van der Waals surface area contributed by atoms with Gasteiger partial charge in [-0.05, 0) is 29.9 Å². The van der Waals surface area contributed by atoms with Gasteiger partial charge < -0.3 is 14.8 Å². The number of ether oxygens (including phenoxy) is 2. The average molecular weight is 291 g/mol. The van der Waals surface area contributed by atoms with Crippen LogP contribution in [0, 0.1) is 5.92 Å². The Morgan fingerprint density at radius 3 is 2.86 bits per heavy atom. The molecule has 2 rings (SSSR count). The number of hydrogen-bond acceptors (Lipinski definition) is 4. The number of methoxy groups -OCH3 is 1. The van der Waals surface area contributed by atoms with Crippen molar-refractivity contribution in [3.05, 3.63) is 35.4 Å². The van der Waals surface area contributed by atoms with E-state index in [0.717, 1.165) is 43.7 Å². The zero-order chi connectivity index (χ0) is 15.1. The van der Waals surface area contributed by atoms with Gasteiger partial charge >= 0.3 is 5.97 Å². The van der Waals surface area contributed by atoms with Crippen LogP contribution in [0.3, 0.4) is 0 Å². The molecule has 4 nitrogen and oxygen atoms in total. The van der Waals surface area contributed by atoms with Gasteiger partial charge in [0.1, 0.15) is 0 Å². The minimum atomic E-state index is -0.197. The molecule has 2 atom stereocenters. The second-order valence-corrected chi connectivity index (χ2v) is 5.52. The highest BCUT2D eigenvalue weighted by Gasteiger charge is 2.26. The molecule has 4 heteroatoms. The van der Waals surface area contributed by atoms with Gasteiger partial charge in [-0.2, -0.15) is 0 Å². The highest BCUT2D eigenvalue weighted by molar-refractivity contribution is 5.72. The van der Waals surface area contributed by atoms with Gasteiger partial charge in [0.25, 0.3) is 0 Å². The molecule has 0 radical (unpaired) electrons. The summed E-state index contributed by atoms with van der Waals surface area (Å²) in [6.07, 6.45) is 2.93. The molecule has 21 heavy (non-hydrogen) atoms. The average Bonchev–Trinajstić information content (AvgIpc) is 2.96. The molecule has 0 amide bonds. The van der Waals surface area contributed by atoms with E-state index in [2.05, 4.69) is 18.3 Å². The van der Waals surface area contributed by atoms with Crippen LogP contribution in [0.4, 0.5) is 0 Å². The summed E-state index contributed by atoms with van der Waals surface area (Å²) in [6, 6.07) is 8.01. The third kappa shape index (κ3) is 4.55. The van der Waals surface area contributed by atoms with Gasteiger partial charge in [0.2, 0.25) is 0 Å². The van der Waals surface area contributed by atoms with Crippen molar-refractivity contribution in [1.29, 1.82) is 0 Å². The van der Waals surface area contributed by atoms with Crippen molar-refractivity contribution < 1.29 is 14.3 Å². The molecule has 1 aromatic carbocycles. The summed E-state index contributed by atoms with van der Waals surface area (Å²) in [7, 11) is 1.42. The number of esters is 1. The quantitative estimate of drug-likeness (QED) is 0.783. The van der Waals surface area contributed by atoms with E-state index in [1.165, 1.54) is 7.11 Å². The van der Waals surface area contributed by atoms with Crippen LogP contribution >= 0.6 is 0 Å². The van der Waals surface area contributed by atoms with Crippen LogP contribution in [-0.2, 0) is 27.2 Å². The lowest BCUT2D eigenvalue weighted by molar-refractivity contribution is -0.139. The first-order valence-corrected chi connectivity index (χ1v) is 7.70. The first kappa shape index (κ1) is 16.0. The van der Waals surface area contributed by atoms with Crippen molar-refractivity contribution in [2.75, 3.05) is 20.3 Å². The van der Waals surface area contributed by atoms with Crippen molar-refractivity contribution in [2.45, 2.75) is 38.8 Å². The second kappa shape index (κ2) is 8.15. The van der Waals surface area contributed by atoms with Gasteiger partial charge in [-0.15, -0.1) is 0 Å². The fourth-order valence-electron chi connectivity index (χ4n) is 2.90. The molecule has 0 aliphatic carbocycles. The molecule has 1 N–H and O–H groups in total. The van der Waals surface area contributed by atoms with E-state index in [1.54, 1.807) is 0 Å². The minimum absolute atomic E-state index is 0.197. The Morgan fingerprint density at radius 2 is 2.14 bits per heavy atom. The molecule has 1 aliphatic heterocycles. The van der Waals surface area contributed by atoms with Gasteiger partial charge in [0, 0.05) is 19.7 Å². The fourth-order valence-corrected chi connectivity index (χ4v) is 2.90. The first-order valence-electron chi connectivity index (χ1n) is 7.70. The van der Waals surface area contributed by atoms with Crippen molar-refractivity contribution >= 4 is 5.97 Å². The molecule has 1 fully saturated rings. The molecule has 1 saturated heterocycles. The summed E-state index contributed by atoms with van der Waals surface area (Å²) in [5, 5.41) is 3.51. The van der Waals surface area contributed by atoms with Gasteiger partial charge in [0.05, 0.1) is 19.6 Å². The zero-order valence-electron chi connectivity index (χ0n) is 12.9. The van der Waals surface area contributed by atoms with E-state index in [9.17, 15) is 4.79 Å². The van der Waals surface area contributed by atoms with Crippen LogP contribution in [0.2, 0.25) is 0 Å². The van der Waals surface area contributed by atoms with E-state index >= 15 is 0 Å². The van der Waals surface area contributed by atoms with E-state index in [-0.39, 0.29) is 5.97 Å². The number of carbonyl (C=O) groups excluding carboxylic acids is 1. The van der Waals surface area contributed by atoms with Crippen LogP contribution in [0.5, 0.6) is 0 Å². The van der Waals surface area contributed by atoms with Crippen LogP contribution in [0.25, 0.3) is 0 Å². The second-order valence-electron chi connectivity index (χ2n) is 5.52. The standard InChI is InChI=1S/C17H25NO3/c1-3-16-15(8-9-21-16)12-18-11-14-7-5-4-6-13(14)10-17(19)20-2/h4-7,15-16,18H,3,8-12H2,1-2H3. The third-order valence-electron chi connectivity index (χ3n) is 4.15. The Hall–Kier alpha value is -1.39. The van der Waals surface area contributed by atoms with Crippen molar-refractivity contribution in [2.24, 2.45) is 5.92 Å². The molecule has 1 aromatic rings. The van der Waals surface area contributed by atoms with Crippen LogP contribution in [0.1, 0.15) is 30.9 Å². The highest BCUT2D eigenvalue weighted by atomic mass is 16.5. The predicted octanol–water partition coefficient (Wildman–Crippen LogP) is 2.31. The maximum atomic E-state index is 11.4. The van der Waals surface area contributed by atoms with Crippen LogP contribution < -0.4 is 5.32 Å². The largest absolute Gasteiger partial charge is 0.469 e. The molecule has 1 heterocycles. The molecular formula is C17H25NO3. The summed E-state index contributed by atoms with van der Waals surface area (Å²) in [5.41, 5.74) is 2.20. The van der Waals surface area contributed by atoms with Gasteiger partial charge in [-0.25, -0.2) is 0 Å². The molecule has 0 bridgehead atoms. The third-order valence-corrected chi connectivity index (χ3v) is 4.15. The molecule has 116 valence electrons. The normalized spacial score (nSPS) is 21.4. The minimum Gasteiger partial charge on any atom is -0.469 e. The molecule has 0 aromatic heterocycles. The number of nitrogens with one attached hydrogen (secondary N) is 1. The maximum Gasteiger partial charge on any atom is 0.309 e. The van der Waals surface area contributed by atoms with Gasteiger partial charge in [0.15, 0.2) is 0 Å². The Bertz CT molecular complexity index is 461. The number of benzene rings is 1. The van der Waals surface area contributed by atoms with E-state index in [4.69, 9.17) is 9.47 Å². The van der Waals surface area contributed by atoms with Crippen molar-refractivity contribution in [3.8, 4) is 0 Å². The lowest BCUT2D eigenvalue weighted by atomic mass is 9.99. The molecule has 0 spiro atoms. The summed E-state index contributed by atoms with van der Waals surface area (Å²) in [6.45, 7) is 4.80. The molecule has 1 aliphatic rings. The van der Waals surface area contributed by atoms with E-state index < -0.39 is 0 Å². The summed E-state index contributed by atoms with van der Waals surface area (Å²) in [4.78, 5) is 11.4. The Morgan fingerprint density at radius 1 is 1.38 bits per heavy atom. The number of hydrogen-bond donors (Lipinski definition) is 1. The summed E-state index contributed by atoms with van der Waals surface area (Å²) in [5.74, 6) is 0.403. The summed E-state index contributed by atoms with van der Waals surface area (Å²) < 4.78 is 10.5. The van der Waals surface area contributed by atoms with Gasteiger partial charge in [-0.3, -0.25) is 4.79 Å². The van der Waals surface area contributed by atoms with E-state index in [0.29, 0.717) is 18.4 Å². The first-order chi connectivity index (χ1) is 10.2. The summed E-state index contributed by atoms with van der Waals surface area (Å²) >= 11 is 0. The Kier molecular flexibility index (Phi) is 6.21. The SMILES string of the molecule is CCC1OCCC1CNCc1ccccc1CC(=O)OC. The molecule has 0 saturated carbocycles. The smallest absolute Gasteiger partial charge is 0.309 e.